The van der Waals surface area contributed by atoms with Crippen LogP contribution in [0.5, 0.6) is 0 Å². The molecule has 1 aromatic heterocycles. The van der Waals surface area contributed by atoms with Gasteiger partial charge in [-0.1, -0.05) is 41.4 Å². The third-order valence-corrected chi connectivity index (χ3v) is 7.58. The summed E-state index contributed by atoms with van der Waals surface area (Å²) < 4.78 is 29.9. The number of nitrogens with zero attached hydrogens (tertiary/aromatic N) is 3. The minimum absolute atomic E-state index is 0.108. The summed E-state index contributed by atoms with van der Waals surface area (Å²) >= 11 is 5.99. The van der Waals surface area contributed by atoms with Gasteiger partial charge in [-0.2, -0.15) is 0 Å². The van der Waals surface area contributed by atoms with Gasteiger partial charge in [0.2, 0.25) is 5.91 Å². The number of anilines is 1. The lowest BCUT2D eigenvalue weighted by Gasteiger charge is -2.24. The Labute approximate surface area is 210 Å². The van der Waals surface area contributed by atoms with Crippen LogP contribution in [0.4, 0.5) is 5.69 Å². The SMILES string of the molecule is Cc1ccc(S(=O)(=O)N(CC(=O)NCc2ccc(-n3ccnc3C)cc2)c2ccc(Cl)cc2)cc1. The molecule has 9 heteroatoms. The number of imidazole rings is 1. The van der Waals surface area contributed by atoms with Gasteiger partial charge in [-0.05, 0) is 67.9 Å². The summed E-state index contributed by atoms with van der Waals surface area (Å²) in [7, 11) is -3.98. The summed E-state index contributed by atoms with van der Waals surface area (Å²) in [4.78, 5) is 17.2. The molecule has 0 bridgehead atoms. The van der Waals surface area contributed by atoms with Gasteiger partial charge in [0.1, 0.15) is 12.4 Å². The molecule has 0 aliphatic rings. The van der Waals surface area contributed by atoms with Gasteiger partial charge in [0.05, 0.1) is 10.6 Å². The molecule has 7 nitrogen and oxygen atoms in total. The Hall–Kier alpha value is -3.62. The van der Waals surface area contributed by atoms with Crippen LogP contribution in [0, 0.1) is 13.8 Å². The summed E-state index contributed by atoms with van der Waals surface area (Å²) in [5.74, 6) is 0.452. The normalized spacial score (nSPS) is 11.3. The van der Waals surface area contributed by atoms with Crippen LogP contribution >= 0.6 is 11.6 Å². The highest BCUT2D eigenvalue weighted by Gasteiger charge is 2.27. The number of rotatable bonds is 8. The molecular formula is C26H25ClN4O3S. The van der Waals surface area contributed by atoms with Crippen molar-refractivity contribution in [2.75, 3.05) is 10.8 Å². The van der Waals surface area contributed by atoms with Crippen molar-refractivity contribution in [3.8, 4) is 5.69 Å². The Bertz CT molecular complexity index is 1410. The van der Waals surface area contributed by atoms with Crippen molar-refractivity contribution < 1.29 is 13.2 Å². The first-order valence-electron chi connectivity index (χ1n) is 10.9. The topological polar surface area (TPSA) is 84.3 Å². The van der Waals surface area contributed by atoms with Crippen molar-refractivity contribution in [1.82, 2.24) is 14.9 Å². The zero-order valence-electron chi connectivity index (χ0n) is 19.3. The molecule has 0 unspecified atom stereocenters. The first-order valence-corrected chi connectivity index (χ1v) is 12.8. The van der Waals surface area contributed by atoms with Crippen LogP contribution in [0.1, 0.15) is 17.0 Å². The van der Waals surface area contributed by atoms with E-state index in [1.807, 2.05) is 48.9 Å². The van der Waals surface area contributed by atoms with Gasteiger partial charge < -0.3 is 9.88 Å². The molecule has 1 heterocycles. The average Bonchev–Trinajstić information content (AvgIpc) is 3.28. The Balaban J connectivity index is 1.50. The van der Waals surface area contributed by atoms with Gasteiger partial charge in [0.25, 0.3) is 10.0 Å². The lowest BCUT2D eigenvalue weighted by Crippen LogP contribution is -2.40. The molecule has 4 rings (SSSR count). The maximum absolute atomic E-state index is 13.4. The molecule has 0 radical (unpaired) electrons. The quantitative estimate of drug-likeness (QED) is 0.375. The van der Waals surface area contributed by atoms with E-state index >= 15 is 0 Å². The summed E-state index contributed by atoms with van der Waals surface area (Å²) in [5.41, 5.74) is 3.15. The molecule has 0 aliphatic heterocycles. The molecular weight excluding hydrogens is 484 g/mol. The molecule has 0 spiro atoms. The zero-order valence-corrected chi connectivity index (χ0v) is 20.9. The Kier molecular flexibility index (Phi) is 7.23. The third-order valence-electron chi connectivity index (χ3n) is 5.54. The van der Waals surface area contributed by atoms with Crippen molar-refractivity contribution >= 4 is 33.2 Å². The Morgan fingerprint density at radius 1 is 0.971 bits per heavy atom. The van der Waals surface area contributed by atoms with Crippen LogP contribution < -0.4 is 9.62 Å². The van der Waals surface area contributed by atoms with Crippen molar-refractivity contribution in [3.05, 3.63) is 107 Å². The van der Waals surface area contributed by atoms with E-state index in [2.05, 4.69) is 10.3 Å². The maximum Gasteiger partial charge on any atom is 0.264 e. The lowest BCUT2D eigenvalue weighted by atomic mass is 10.2. The van der Waals surface area contributed by atoms with Crippen LogP contribution in [0.15, 0.2) is 90.1 Å². The standard InChI is InChI=1S/C26H25ClN4O3S/c1-19-3-13-25(14-4-19)35(33,34)31(24-11-7-22(27)8-12-24)18-26(32)29-17-21-5-9-23(10-6-21)30-16-15-28-20(30)2/h3-16H,17-18H2,1-2H3,(H,29,32). The number of hydrogen-bond acceptors (Lipinski definition) is 4. The zero-order chi connectivity index (χ0) is 25.0. The number of amides is 1. The van der Waals surface area contributed by atoms with Crippen molar-refractivity contribution in [2.24, 2.45) is 0 Å². The van der Waals surface area contributed by atoms with Gasteiger partial charge in [-0.15, -0.1) is 0 Å². The number of carbonyl (C=O) groups excluding carboxylic acids is 1. The summed E-state index contributed by atoms with van der Waals surface area (Å²) in [6.45, 7) is 3.69. The van der Waals surface area contributed by atoms with Crippen LogP contribution in [0.2, 0.25) is 5.02 Å². The number of benzene rings is 3. The first-order chi connectivity index (χ1) is 16.7. The smallest absolute Gasteiger partial charge is 0.264 e. The van der Waals surface area contributed by atoms with Gasteiger partial charge in [0.15, 0.2) is 0 Å². The van der Waals surface area contributed by atoms with Crippen molar-refractivity contribution in [1.29, 1.82) is 0 Å². The molecule has 3 aromatic carbocycles. The maximum atomic E-state index is 13.4. The Morgan fingerprint density at radius 2 is 1.63 bits per heavy atom. The van der Waals surface area contributed by atoms with Crippen molar-refractivity contribution in [3.63, 3.8) is 0 Å². The number of aryl methyl sites for hydroxylation is 2. The molecule has 35 heavy (non-hydrogen) atoms. The third kappa shape index (κ3) is 5.72. The highest BCUT2D eigenvalue weighted by molar-refractivity contribution is 7.92. The highest BCUT2D eigenvalue weighted by Crippen LogP contribution is 2.25. The van der Waals surface area contributed by atoms with Crippen LogP contribution in [-0.4, -0.2) is 30.4 Å². The highest BCUT2D eigenvalue weighted by atomic mass is 35.5. The summed E-state index contributed by atoms with van der Waals surface area (Å²) in [6, 6.07) is 20.6. The van der Waals surface area contributed by atoms with E-state index in [0.29, 0.717) is 10.7 Å². The molecule has 0 aliphatic carbocycles. The number of hydrogen-bond donors (Lipinski definition) is 1. The minimum Gasteiger partial charge on any atom is -0.350 e. The Morgan fingerprint density at radius 3 is 2.23 bits per heavy atom. The summed E-state index contributed by atoms with van der Waals surface area (Å²) in [5, 5.41) is 3.29. The number of carbonyl (C=O) groups is 1. The molecule has 1 N–H and O–H groups in total. The summed E-state index contributed by atoms with van der Waals surface area (Å²) in [6.07, 6.45) is 3.62. The fraction of sp³-hybridized carbons (Fsp3) is 0.154. The van der Waals surface area contributed by atoms with Crippen LogP contribution in [0.25, 0.3) is 5.69 Å². The van der Waals surface area contributed by atoms with E-state index in [9.17, 15) is 13.2 Å². The number of sulfonamides is 1. The molecule has 4 aromatic rings. The average molecular weight is 509 g/mol. The molecule has 0 saturated carbocycles. The number of halogens is 1. The van der Waals surface area contributed by atoms with E-state index in [4.69, 9.17) is 11.6 Å². The molecule has 0 fully saturated rings. The first kappa shape index (κ1) is 24.5. The lowest BCUT2D eigenvalue weighted by molar-refractivity contribution is -0.119. The van der Waals surface area contributed by atoms with Gasteiger partial charge in [-0.3, -0.25) is 9.10 Å². The van der Waals surface area contributed by atoms with Gasteiger partial charge in [-0.25, -0.2) is 13.4 Å². The van der Waals surface area contributed by atoms with Crippen LogP contribution in [0.3, 0.4) is 0 Å². The second kappa shape index (κ2) is 10.3. The van der Waals surface area contributed by atoms with E-state index in [-0.39, 0.29) is 18.0 Å². The molecule has 0 atom stereocenters. The second-order valence-corrected chi connectivity index (χ2v) is 10.4. The largest absolute Gasteiger partial charge is 0.350 e. The molecule has 180 valence electrons. The monoisotopic (exact) mass is 508 g/mol. The molecule has 0 saturated heterocycles. The predicted molar refractivity (Wildman–Crippen MR) is 137 cm³/mol. The van der Waals surface area contributed by atoms with E-state index < -0.39 is 15.9 Å². The van der Waals surface area contributed by atoms with Crippen molar-refractivity contribution in [2.45, 2.75) is 25.3 Å². The fourth-order valence-electron chi connectivity index (χ4n) is 3.57. The van der Waals surface area contributed by atoms with Gasteiger partial charge in [0, 0.05) is 29.6 Å². The van der Waals surface area contributed by atoms with E-state index in [1.165, 1.54) is 12.1 Å². The minimum atomic E-state index is -3.98. The van der Waals surface area contributed by atoms with Crippen LogP contribution in [-0.2, 0) is 21.4 Å². The second-order valence-electron chi connectivity index (χ2n) is 8.09. The number of nitrogens with one attached hydrogen (secondary N) is 1. The fourth-order valence-corrected chi connectivity index (χ4v) is 5.12. The number of aromatic nitrogens is 2. The predicted octanol–water partition coefficient (Wildman–Crippen LogP) is 4.65. The van der Waals surface area contributed by atoms with Gasteiger partial charge >= 0.3 is 0 Å². The van der Waals surface area contributed by atoms with E-state index in [1.54, 1.807) is 42.6 Å². The van der Waals surface area contributed by atoms with E-state index in [0.717, 1.165) is 26.9 Å². The molecule has 1 amide bonds.